The number of aliphatic hydroxyl groups is 1. The van der Waals surface area contributed by atoms with Crippen molar-refractivity contribution < 1.29 is 22.7 Å². The first-order chi connectivity index (χ1) is 9.89. The van der Waals surface area contributed by atoms with Gasteiger partial charge in [0.25, 0.3) is 10.0 Å². The van der Waals surface area contributed by atoms with E-state index >= 15 is 0 Å². The molecule has 0 saturated carbocycles. The predicted octanol–water partition coefficient (Wildman–Crippen LogP) is 2.50. The molecule has 2 N–H and O–H groups in total. The van der Waals surface area contributed by atoms with Crippen LogP contribution in [0, 0.1) is 12.7 Å². The molecular formula is C13H14FNO4S2. The molecule has 0 fully saturated rings. The molecule has 0 amide bonds. The lowest BCUT2D eigenvalue weighted by atomic mass is 10.3. The number of anilines is 1. The van der Waals surface area contributed by atoms with Gasteiger partial charge in [0.05, 0.1) is 24.3 Å². The maximum absolute atomic E-state index is 13.3. The van der Waals surface area contributed by atoms with Gasteiger partial charge in [-0.05, 0) is 30.0 Å². The van der Waals surface area contributed by atoms with E-state index in [1.807, 2.05) is 0 Å². The van der Waals surface area contributed by atoms with Crippen LogP contribution in [0.5, 0.6) is 5.75 Å². The minimum absolute atomic E-state index is 0.0540. The van der Waals surface area contributed by atoms with Gasteiger partial charge in [-0.3, -0.25) is 4.72 Å². The number of halogens is 1. The average Bonchev–Trinajstić information content (AvgIpc) is 2.82. The number of ether oxygens (including phenoxy) is 1. The van der Waals surface area contributed by atoms with E-state index in [-0.39, 0.29) is 22.9 Å². The molecule has 5 nitrogen and oxygen atoms in total. The van der Waals surface area contributed by atoms with Gasteiger partial charge in [-0.2, -0.15) is 0 Å². The molecule has 0 radical (unpaired) electrons. The molecule has 0 atom stereocenters. The summed E-state index contributed by atoms with van der Waals surface area (Å²) in [5, 5.41) is 10.9. The standard InChI is InChI=1S/C13H14FNO4S2/c1-8-7-20-12(6-16)13(8)21(17,18)15-9-3-4-10(14)11(5-9)19-2/h3-5,7,15-16H,6H2,1-2H3. The first-order valence-corrected chi connectivity index (χ1v) is 8.29. The van der Waals surface area contributed by atoms with Crippen molar-refractivity contribution >= 4 is 27.0 Å². The third-order valence-corrected chi connectivity index (χ3v) is 5.63. The van der Waals surface area contributed by atoms with Gasteiger partial charge in [-0.15, -0.1) is 11.3 Å². The molecule has 8 heteroatoms. The molecule has 0 unspecified atom stereocenters. The minimum Gasteiger partial charge on any atom is -0.494 e. The summed E-state index contributed by atoms with van der Waals surface area (Å²) in [5.41, 5.74) is 0.730. The van der Waals surface area contributed by atoms with Gasteiger partial charge < -0.3 is 9.84 Å². The number of aliphatic hydroxyl groups excluding tert-OH is 1. The van der Waals surface area contributed by atoms with E-state index in [4.69, 9.17) is 4.74 Å². The third kappa shape index (κ3) is 3.17. The summed E-state index contributed by atoms with van der Waals surface area (Å²) >= 11 is 1.17. The molecule has 21 heavy (non-hydrogen) atoms. The van der Waals surface area contributed by atoms with E-state index in [0.717, 1.165) is 6.07 Å². The number of methoxy groups -OCH3 is 1. The summed E-state index contributed by atoms with van der Waals surface area (Å²) in [6.45, 7) is 1.29. The van der Waals surface area contributed by atoms with Crippen LogP contribution in [-0.4, -0.2) is 20.6 Å². The number of thiophene rings is 1. The van der Waals surface area contributed by atoms with Crippen molar-refractivity contribution in [2.75, 3.05) is 11.8 Å². The Labute approximate surface area is 126 Å². The van der Waals surface area contributed by atoms with Crippen molar-refractivity contribution in [1.82, 2.24) is 0 Å². The lowest BCUT2D eigenvalue weighted by Gasteiger charge is -2.11. The quantitative estimate of drug-likeness (QED) is 0.883. The number of sulfonamides is 1. The third-order valence-electron chi connectivity index (χ3n) is 2.81. The number of hydrogen-bond acceptors (Lipinski definition) is 5. The highest BCUT2D eigenvalue weighted by Crippen LogP contribution is 2.30. The molecule has 2 rings (SSSR count). The number of hydrogen-bond donors (Lipinski definition) is 2. The molecule has 114 valence electrons. The molecule has 0 aliphatic heterocycles. The molecule has 0 aliphatic carbocycles. The van der Waals surface area contributed by atoms with E-state index < -0.39 is 15.8 Å². The van der Waals surface area contributed by atoms with Crippen LogP contribution in [-0.2, 0) is 16.6 Å². The Bertz CT molecular complexity index is 756. The fourth-order valence-electron chi connectivity index (χ4n) is 1.89. The summed E-state index contributed by atoms with van der Waals surface area (Å²) in [6.07, 6.45) is 0. The van der Waals surface area contributed by atoms with E-state index in [0.29, 0.717) is 10.4 Å². The second kappa shape index (κ2) is 6.00. The normalized spacial score (nSPS) is 11.4. The molecule has 0 bridgehead atoms. The Balaban J connectivity index is 2.40. The van der Waals surface area contributed by atoms with Crippen molar-refractivity contribution in [3.05, 3.63) is 39.8 Å². The van der Waals surface area contributed by atoms with Crippen molar-refractivity contribution in [2.24, 2.45) is 0 Å². The molecule has 1 heterocycles. The van der Waals surface area contributed by atoms with Crippen LogP contribution in [0.1, 0.15) is 10.4 Å². The van der Waals surface area contributed by atoms with Gasteiger partial charge in [0, 0.05) is 6.07 Å². The van der Waals surface area contributed by atoms with Crippen LogP contribution < -0.4 is 9.46 Å². The molecule has 0 spiro atoms. The maximum Gasteiger partial charge on any atom is 0.263 e. The van der Waals surface area contributed by atoms with Crippen LogP contribution in [0.15, 0.2) is 28.5 Å². The van der Waals surface area contributed by atoms with Gasteiger partial charge in [-0.1, -0.05) is 0 Å². The maximum atomic E-state index is 13.3. The Morgan fingerprint density at radius 3 is 2.76 bits per heavy atom. The summed E-state index contributed by atoms with van der Waals surface area (Å²) in [5.74, 6) is -0.636. The SMILES string of the molecule is COc1cc(NS(=O)(=O)c2c(C)csc2CO)ccc1F. The fraction of sp³-hybridized carbons (Fsp3) is 0.231. The summed E-state index contributed by atoms with van der Waals surface area (Å²) in [7, 11) is -2.56. The van der Waals surface area contributed by atoms with Crippen molar-refractivity contribution in [1.29, 1.82) is 0 Å². The minimum atomic E-state index is -3.86. The van der Waals surface area contributed by atoms with Crippen molar-refractivity contribution in [2.45, 2.75) is 18.4 Å². The summed E-state index contributed by atoms with van der Waals surface area (Å²) in [6, 6.07) is 3.67. The molecule has 0 saturated heterocycles. The fourth-order valence-corrected chi connectivity index (χ4v) is 4.60. The lowest BCUT2D eigenvalue weighted by molar-refractivity contribution is 0.282. The molecular weight excluding hydrogens is 317 g/mol. The highest BCUT2D eigenvalue weighted by molar-refractivity contribution is 7.93. The zero-order chi connectivity index (χ0) is 15.6. The highest BCUT2D eigenvalue weighted by Gasteiger charge is 2.23. The van der Waals surface area contributed by atoms with Gasteiger partial charge in [0.15, 0.2) is 11.6 Å². The lowest BCUT2D eigenvalue weighted by Crippen LogP contribution is -2.15. The molecule has 2 aromatic rings. The first kappa shape index (κ1) is 15.7. The van der Waals surface area contributed by atoms with Crippen molar-refractivity contribution in [3.8, 4) is 5.75 Å². The number of rotatable bonds is 5. The number of aryl methyl sites for hydroxylation is 1. The van der Waals surface area contributed by atoms with Crippen LogP contribution in [0.3, 0.4) is 0 Å². The van der Waals surface area contributed by atoms with Crippen LogP contribution in [0.4, 0.5) is 10.1 Å². The first-order valence-electron chi connectivity index (χ1n) is 5.93. The monoisotopic (exact) mass is 331 g/mol. The molecule has 1 aromatic heterocycles. The summed E-state index contributed by atoms with van der Waals surface area (Å²) < 4.78 is 45.3. The second-order valence-corrected chi connectivity index (χ2v) is 6.87. The highest BCUT2D eigenvalue weighted by atomic mass is 32.2. The van der Waals surface area contributed by atoms with Crippen LogP contribution >= 0.6 is 11.3 Å². The number of benzene rings is 1. The average molecular weight is 331 g/mol. The number of nitrogens with one attached hydrogen (secondary N) is 1. The Hall–Kier alpha value is -1.64. The largest absolute Gasteiger partial charge is 0.494 e. The van der Waals surface area contributed by atoms with Gasteiger partial charge in [0.1, 0.15) is 4.90 Å². The van der Waals surface area contributed by atoms with Gasteiger partial charge >= 0.3 is 0 Å². The smallest absolute Gasteiger partial charge is 0.263 e. The van der Waals surface area contributed by atoms with Gasteiger partial charge in [0.2, 0.25) is 0 Å². The van der Waals surface area contributed by atoms with Crippen LogP contribution in [0.25, 0.3) is 0 Å². The van der Waals surface area contributed by atoms with Crippen molar-refractivity contribution in [3.63, 3.8) is 0 Å². The van der Waals surface area contributed by atoms with E-state index in [2.05, 4.69) is 4.72 Å². The van der Waals surface area contributed by atoms with E-state index in [1.165, 1.54) is 30.6 Å². The zero-order valence-electron chi connectivity index (χ0n) is 11.4. The Morgan fingerprint density at radius 1 is 1.43 bits per heavy atom. The summed E-state index contributed by atoms with van der Waals surface area (Å²) in [4.78, 5) is 0.410. The zero-order valence-corrected chi connectivity index (χ0v) is 13.0. The molecule has 0 aliphatic rings. The Morgan fingerprint density at radius 2 is 2.14 bits per heavy atom. The van der Waals surface area contributed by atoms with E-state index in [1.54, 1.807) is 12.3 Å². The topological polar surface area (TPSA) is 75.6 Å². The molecule has 1 aromatic carbocycles. The van der Waals surface area contributed by atoms with Gasteiger partial charge in [-0.25, -0.2) is 12.8 Å². The predicted molar refractivity (Wildman–Crippen MR) is 78.7 cm³/mol. The van der Waals surface area contributed by atoms with Crippen LogP contribution in [0.2, 0.25) is 0 Å². The Kier molecular flexibility index (Phi) is 4.50. The van der Waals surface area contributed by atoms with E-state index in [9.17, 15) is 17.9 Å². The second-order valence-electron chi connectivity index (χ2n) is 4.28.